The Kier molecular flexibility index (Phi) is 10.8. The van der Waals surface area contributed by atoms with E-state index in [0.717, 1.165) is 38.5 Å². The van der Waals surface area contributed by atoms with Crippen molar-refractivity contribution < 1.29 is 4.79 Å². The van der Waals surface area contributed by atoms with E-state index in [0.29, 0.717) is 0 Å². The van der Waals surface area contributed by atoms with Crippen molar-refractivity contribution >= 4 is 5.91 Å². The Morgan fingerprint density at radius 2 is 1.95 bits per heavy atom. The van der Waals surface area contributed by atoms with Crippen molar-refractivity contribution in [1.29, 1.82) is 0 Å². The summed E-state index contributed by atoms with van der Waals surface area (Å²) < 4.78 is 0. The Morgan fingerprint density at radius 3 is 2.55 bits per heavy atom. The molecule has 0 spiro atoms. The van der Waals surface area contributed by atoms with Crippen LogP contribution < -0.4 is 5.73 Å². The third-order valence-corrected chi connectivity index (χ3v) is 3.49. The van der Waals surface area contributed by atoms with Crippen LogP contribution in [0, 0.1) is 5.92 Å². The largest absolute Gasteiger partial charge is 0.369 e. The van der Waals surface area contributed by atoms with Crippen LogP contribution in [0.1, 0.15) is 72.6 Å². The number of amides is 1. The van der Waals surface area contributed by atoms with Gasteiger partial charge >= 0.3 is 0 Å². The Balaban J connectivity index is 3.91. The second-order valence-electron chi connectivity index (χ2n) is 5.70. The third-order valence-electron chi connectivity index (χ3n) is 3.49. The Labute approximate surface area is 124 Å². The number of hydrogen-bond donors (Lipinski definition) is 1. The molecular formula is C18H31NO. The minimum absolute atomic E-state index is 0.00307. The van der Waals surface area contributed by atoms with Crippen LogP contribution in [0.2, 0.25) is 0 Å². The minimum Gasteiger partial charge on any atom is -0.369 e. The molecule has 0 radical (unpaired) electrons. The second-order valence-corrected chi connectivity index (χ2v) is 5.70. The molecule has 0 aromatic rings. The van der Waals surface area contributed by atoms with Crippen LogP contribution in [0.3, 0.4) is 0 Å². The minimum atomic E-state index is -0.189. The van der Waals surface area contributed by atoms with Gasteiger partial charge in [-0.2, -0.15) is 0 Å². The van der Waals surface area contributed by atoms with Crippen molar-refractivity contribution in [1.82, 2.24) is 0 Å². The predicted molar refractivity (Wildman–Crippen MR) is 87.4 cm³/mol. The molecule has 2 N–H and O–H groups in total. The monoisotopic (exact) mass is 277 g/mol. The standard InChI is InChI=1S/C18H31NO/c1-5-6-7-10-15(2)11-8-12-16(3)13-9-14-17(4)18(19)20/h7,12,17H,5-6,8-9,11,13-14H2,1-4H3,(H2,19,20)/b16-12+. The maximum absolute atomic E-state index is 10.9. The van der Waals surface area contributed by atoms with Crippen molar-refractivity contribution in [3.63, 3.8) is 0 Å². The average molecular weight is 277 g/mol. The van der Waals surface area contributed by atoms with E-state index in [1.807, 2.05) is 6.92 Å². The first-order valence-electron chi connectivity index (χ1n) is 7.83. The molecule has 2 nitrogen and oxygen atoms in total. The van der Waals surface area contributed by atoms with E-state index in [1.165, 1.54) is 17.6 Å². The van der Waals surface area contributed by atoms with Crippen LogP contribution in [0.25, 0.3) is 0 Å². The number of allylic oxidation sites excluding steroid dienone is 3. The molecule has 0 fully saturated rings. The molecule has 0 saturated heterocycles. The van der Waals surface area contributed by atoms with E-state index in [4.69, 9.17) is 5.73 Å². The first-order valence-corrected chi connectivity index (χ1v) is 7.83. The highest BCUT2D eigenvalue weighted by molar-refractivity contribution is 5.76. The number of rotatable bonds is 10. The summed E-state index contributed by atoms with van der Waals surface area (Å²) in [5.41, 5.74) is 11.3. The molecule has 1 amide bonds. The average Bonchev–Trinajstić information content (AvgIpc) is 2.38. The highest BCUT2D eigenvalue weighted by atomic mass is 16.1. The van der Waals surface area contributed by atoms with Crippen molar-refractivity contribution in [2.24, 2.45) is 11.7 Å². The van der Waals surface area contributed by atoms with Gasteiger partial charge in [0.05, 0.1) is 0 Å². The van der Waals surface area contributed by atoms with E-state index in [-0.39, 0.29) is 11.8 Å². The van der Waals surface area contributed by atoms with Gasteiger partial charge in [-0.15, -0.1) is 5.73 Å². The van der Waals surface area contributed by atoms with Crippen molar-refractivity contribution in [3.05, 3.63) is 29.0 Å². The van der Waals surface area contributed by atoms with Gasteiger partial charge in [0.2, 0.25) is 5.91 Å². The number of nitrogens with two attached hydrogens (primary N) is 1. The van der Waals surface area contributed by atoms with Crippen LogP contribution in [0.15, 0.2) is 29.0 Å². The zero-order valence-electron chi connectivity index (χ0n) is 13.7. The summed E-state index contributed by atoms with van der Waals surface area (Å²) in [6.45, 7) is 8.39. The zero-order valence-corrected chi connectivity index (χ0v) is 13.7. The Hall–Kier alpha value is -1.27. The number of unbranched alkanes of at least 4 members (excludes halogenated alkanes) is 1. The first-order chi connectivity index (χ1) is 9.47. The highest BCUT2D eigenvalue weighted by Gasteiger charge is 2.07. The smallest absolute Gasteiger partial charge is 0.220 e. The van der Waals surface area contributed by atoms with Gasteiger partial charge in [0, 0.05) is 5.92 Å². The summed E-state index contributed by atoms with van der Waals surface area (Å²) in [6, 6.07) is 0. The van der Waals surface area contributed by atoms with Crippen LogP contribution in [0.4, 0.5) is 0 Å². The SMILES string of the molecule is CCCC=C=C(C)CC/C=C(\C)CCCC(C)C(N)=O. The molecule has 0 aromatic carbocycles. The molecule has 114 valence electrons. The zero-order chi connectivity index (χ0) is 15.4. The summed E-state index contributed by atoms with van der Waals surface area (Å²) in [5, 5.41) is 0. The van der Waals surface area contributed by atoms with Gasteiger partial charge in [-0.1, -0.05) is 31.9 Å². The highest BCUT2D eigenvalue weighted by Crippen LogP contribution is 2.14. The summed E-state index contributed by atoms with van der Waals surface area (Å²) in [4.78, 5) is 10.9. The fourth-order valence-corrected chi connectivity index (χ4v) is 1.93. The topological polar surface area (TPSA) is 43.1 Å². The molecule has 0 aliphatic rings. The summed E-state index contributed by atoms with van der Waals surface area (Å²) in [6.07, 6.45) is 11.9. The molecule has 0 bridgehead atoms. The van der Waals surface area contributed by atoms with E-state index in [9.17, 15) is 4.79 Å². The number of hydrogen-bond acceptors (Lipinski definition) is 1. The summed E-state index contributed by atoms with van der Waals surface area (Å²) in [7, 11) is 0. The Morgan fingerprint density at radius 1 is 1.25 bits per heavy atom. The first kappa shape index (κ1) is 18.7. The normalized spacial score (nSPS) is 12.7. The maximum atomic E-state index is 10.9. The molecule has 0 aliphatic carbocycles. The fraction of sp³-hybridized carbons (Fsp3) is 0.667. The van der Waals surface area contributed by atoms with E-state index < -0.39 is 0 Å². The molecule has 0 heterocycles. The van der Waals surface area contributed by atoms with Crippen LogP contribution in [0.5, 0.6) is 0 Å². The third kappa shape index (κ3) is 10.6. The molecule has 2 heteroatoms. The molecule has 1 atom stereocenters. The van der Waals surface area contributed by atoms with Crippen molar-refractivity contribution in [2.75, 3.05) is 0 Å². The lowest BCUT2D eigenvalue weighted by Gasteiger charge is -2.06. The lowest BCUT2D eigenvalue weighted by Crippen LogP contribution is -2.20. The van der Waals surface area contributed by atoms with Crippen LogP contribution >= 0.6 is 0 Å². The van der Waals surface area contributed by atoms with Gasteiger partial charge < -0.3 is 5.73 Å². The fourth-order valence-electron chi connectivity index (χ4n) is 1.93. The van der Waals surface area contributed by atoms with Gasteiger partial charge in [-0.3, -0.25) is 4.79 Å². The van der Waals surface area contributed by atoms with Gasteiger partial charge in [-0.25, -0.2) is 0 Å². The molecule has 0 aliphatic heterocycles. The van der Waals surface area contributed by atoms with Crippen molar-refractivity contribution in [2.45, 2.75) is 72.6 Å². The second kappa shape index (κ2) is 11.5. The number of carbonyl (C=O) groups is 1. The van der Waals surface area contributed by atoms with E-state index >= 15 is 0 Å². The molecule has 0 aromatic heterocycles. The molecule has 0 rings (SSSR count). The lowest BCUT2D eigenvalue weighted by molar-refractivity contribution is -0.121. The predicted octanol–water partition coefficient (Wildman–Crippen LogP) is 4.91. The van der Waals surface area contributed by atoms with E-state index in [2.05, 4.69) is 38.7 Å². The molecule has 20 heavy (non-hydrogen) atoms. The Bertz CT molecular complexity index is 373. The molecule has 1 unspecified atom stereocenters. The van der Waals surface area contributed by atoms with Gasteiger partial charge in [-0.05, 0) is 64.0 Å². The molecular weight excluding hydrogens is 246 g/mol. The van der Waals surface area contributed by atoms with E-state index in [1.54, 1.807) is 0 Å². The summed E-state index contributed by atoms with van der Waals surface area (Å²) in [5.74, 6) is -0.192. The van der Waals surface area contributed by atoms with Crippen molar-refractivity contribution in [3.8, 4) is 0 Å². The van der Waals surface area contributed by atoms with Gasteiger partial charge in [0.15, 0.2) is 0 Å². The maximum Gasteiger partial charge on any atom is 0.220 e. The number of primary amides is 1. The van der Waals surface area contributed by atoms with Gasteiger partial charge in [0.25, 0.3) is 0 Å². The summed E-state index contributed by atoms with van der Waals surface area (Å²) >= 11 is 0. The number of carbonyl (C=O) groups excluding carboxylic acids is 1. The molecule has 0 saturated carbocycles. The van der Waals surface area contributed by atoms with Crippen LogP contribution in [-0.2, 0) is 4.79 Å². The van der Waals surface area contributed by atoms with Gasteiger partial charge in [0.1, 0.15) is 0 Å². The lowest BCUT2D eigenvalue weighted by atomic mass is 10.0. The quantitative estimate of drug-likeness (QED) is 0.447. The van der Waals surface area contributed by atoms with Crippen LogP contribution in [-0.4, -0.2) is 5.91 Å².